The topological polar surface area (TPSA) is 50.9 Å². The highest BCUT2D eigenvalue weighted by Crippen LogP contribution is 2.26. The summed E-state index contributed by atoms with van der Waals surface area (Å²) in [6, 6.07) is 0. The SMILES string of the molecule is NC1(CNCc2cscn2)CCCC1. The van der Waals surface area contributed by atoms with Crippen LogP contribution in [0.3, 0.4) is 0 Å². The Bertz CT molecular complexity index is 265. The van der Waals surface area contributed by atoms with Crippen LogP contribution in [0, 0.1) is 0 Å². The standard InChI is InChI=1S/C10H17N3S/c11-10(3-1-2-4-10)7-12-5-9-6-14-8-13-9/h6,8,12H,1-5,7,11H2. The quantitative estimate of drug-likeness (QED) is 0.793. The van der Waals surface area contributed by atoms with Gasteiger partial charge >= 0.3 is 0 Å². The summed E-state index contributed by atoms with van der Waals surface area (Å²) in [6.07, 6.45) is 4.90. The van der Waals surface area contributed by atoms with E-state index in [1.165, 1.54) is 12.8 Å². The molecule has 1 fully saturated rings. The van der Waals surface area contributed by atoms with Gasteiger partial charge in [0.05, 0.1) is 11.2 Å². The number of thiazole rings is 1. The minimum Gasteiger partial charge on any atom is -0.324 e. The van der Waals surface area contributed by atoms with E-state index in [1.807, 2.05) is 5.51 Å². The fourth-order valence-electron chi connectivity index (χ4n) is 2.02. The predicted octanol–water partition coefficient (Wildman–Crippen LogP) is 1.50. The Morgan fingerprint density at radius 3 is 2.93 bits per heavy atom. The third kappa shape index (κ3) is 2.53. The third-order valence-electron chi connectivity index (χ3n) is 2.87. The van der Waals surface area contributed by atoms with Gasteiger partial charge in [0.2, 0.25) is 0 Å². The van der Waals surface area contributed by atoms with E-state index < -0.39 is 0 Å². The van der Waals surface area contributed by atoms with Crippen molar-refractivity contribution in [1.82, 2.24) is 10.3 Å². The predicted molar refractivity (Wildman–Crippen MR) is 59.2 cm³/mol. The molecular formula is C10H17N3S. The molecule has 0 amide bonds. The van der Waals surface area contributed by atoms with Crippen molar-refractivity contribution in [2.75, 3.05) is 6.54 Å². The van der Waals surface area contributed by atoms with Gasteiger partial charge in [-0.2, -0.15) is 0 Å². The van der Waals surface area contributed by atoms with E-state index in [4.69, 9.17) is 5.73 Å². The van der Waals surface area contributed by atoms with Crippen LogP contribution >= 0.6 is 11.3 Å². The molecule has 0 radical (unpaired) electrons. The Hall–Kier alpha value is -0.450. The molecule has 0 atom stereocenters. The first-order valence-corrected chi connectivity index (χ1v) is 6.09. The lowest BCUT2D eigenvalue weighted by atomic mass is 9.99. The van der Waals surface area contributed by atoms with Crippen molar-refractivity contribution < 1.29 is 0 Å². The number of hydrogen-bond donors (Lipinski definition) is 2. The van der Waals surface area contributed by atoms with E-state index in [9.17, 15) is 0 Å². The number of nitrogens with two attached hydrogens (primary N) is 1. The van der Waals surface area contributed by atoms with Crippen LogP contribution in [0.2, 0.25) is 0 Å². The van der Waals surface area contributed by atoms with Gasteiger partial charge in [0, 0.05) is 24.0 Å². The van der Waals surface area contributed by atoms with Crippen LogP contribution in [-0.4, -0.2) is 17.1 Å². The van der Waals surface area contributed by atoms with Gasteiger partial charge in [0.1, 0.15) is 0 Å². The highest BCUT2D eigenvalue weighted by Gasteiger charge is 2.28. The molecule has 1 saturated carbocycles. The van der Waals surface area contributed by atoms with Gasteiger partial charge in [-0.1, -0.05) is 12.8 Å². The molecule has 0 bridgehead atoms. The van der Waals surface area contributed by atoms with Crippen LogP contribution in [0.5, 0.6) is 0 Å². The second-order valence-corrected chi connectivity index (χ2v) is 4.87. The van der Waals surface area contributed by atoms with Gasteiger partial charge in [-0.15, -0.1) is 11.3 Å². The molecule has 1 aromatic rings. The van der Waals surface area contributed by atoms with Crippen LogP contribution in [0.15, 0.2) is 10.9 Å². The Morgan fingerprint density at radius 2 is 2.29 bits per heavy atom. The zero-order valence-electron chi connectivity index (χ0n) is 8.33. The van der Waals surface area contributed by atoms with Gasteiger partial charge in [0.25, 0.3) is 0 Å². The molecule has 0 spiro atoms. The Kier molecular flexibility index (Phi) is 3.15. The summed E-state index contributed by atoms with van der Waals surface area (Å²) in [4.78, 5) is 4.22. The van der Waals surface area contributed by atoms with Crippen molar-refractivity contribution in [3.05, 3.63) is 16.6 Å². The van der Waals surface area contributed by atoms with Crippen LogP contribution in [0.25, 0.3) is 0 Å². The maximum Gasteiger partial charge on any atom is 0.0795 e. The summed E-state index contributed by atoms with van der Waals surface area (Å²) in [7, 11) is 0. The molecule has 2 rings (SSSR count). The van der Waals surface area contributed by atoms with E-state index in [-0.39, 0.29) is 5.54 Å². The lowest BCUT2D eigenvalue weighted by molar-refractivity contribution is 0.403. The van der Waals surface area contributed by atoms with E-state index in [0.717, 1.165) is 31.6 Å². The molecule has 0 aromatic carbocycles. The molecule has 14 heavy (non-hydrogen) atoms. The summed E-state index contributed by atoms with van der Waals surface area (Å²) in [5.74, 6) is 0. The van der Waals surface area contributed by atoms with E-state index >= 15 is 0 Å². The van der Waals surface area contributed by atoms with Crippen LogP contribution in [0.4, 0.5) is 0 Å². The number of rotatable bonds is 4. The van der Waals surface area contributed by atoms with Crippen LogP contribution < -0.4 is 11.1 Å². The van der Waals surface area contributed by atoms with Gasteiger partial charge < -0.3 is 11.1 Å². The molecule has 1 aliphatic rings. The first kappa shape index (κ1) is 10.1. The smallest absolute Gasteiger partial charge is 0.0795 e. The molecule has 0 unspecified atom stereocenters. The van der Waals surface area contributed by atoms with Gasteiger partial charge in [-0.05, 0) is 12.8 Å². The second kappa shape index (κ2) is 4.38. The summed E-state index contributed by atoms with van der Waals surface area (Å²) in [5, 5.41) is 5.46. The summed E-state index contributed by atoms with van der Waals surface area (Å²) >= 11 is 1.64. The van der Waals surface area contributed by atoms with Gasteiger partial charge in [0.15, 0.2) is 0 Å². The minimum absolute atomic E-state index is 0.0516. The van der Waals surface area contributed by atoms with Crippen molar-refractivity contribution in [2.24, 2.45) is 5.73 Å². The van der Waals surface area contributed by atoms with Crippen molar-refractivity contribution in [2.45, 2.75) is 37.8 Å². The van der Waals surface area contributed by atoms with E-state index in [1.54, 1.807) is 11.3 Å². The lowest BCUT2D eigenvalue weighted by Crippen LogP contribution is -2.46. The highest BCUT2D eigenvalue weighted by atomic mass is 32.1. The summed E-state index contributed by atoms with van der Waals surface area (Å²) in [6.45, 7) is 1.77. The lowest BCUT2D eigenvalue weighted by Gasteiger charge is -2.23. The third-order valence-corrected chi connectivity index (χ3v) is 3.50. The Labute approximate surface area is 88.7 Å². The fraction of sp³-hybridized carbons (Fsp3) is 0.700. The normalized spacial score (nSPS) is 20.1. The zero-order valence-corrected chi connectivity index (χ0v) is 9.15. The Morgan fingerprint density at radius 1 is 1.50 bits per heavy atom. The molecule has 1 aromatic heterocycles. The van der Waals surface area contributed by atoms with Gasteiger partial charge in [-0.25, -0.2) is 4.98 Å². The molecule has 0 saturated heterocycles. The van der Waals surface area contributed by atoms with Crippen molar-refractivity contribution in [1.29, 1.82) is 0 Å². The number of nitrogens with one attached hydrogen (secondary N) is 1. The molecule has 78 valence electrons. The number of nitrogens with zero attached hydrogens (tertiary/aromatic N) is 1. The zero-order chi connectivity index (χ0) is 9.86. The molecular weight excluding hydrogens is 194 g/mol. The second-order valence-electron chi connectivity index (χ2n) is 4.15. The highest BCUT2D eigenvalue weighted by molar-refractivity contribution is 7.07. The average molecular weight is 211 g/mol. The Balaban J connectivity index is 1.72. The van der Waals surface area contributed by atoms with E-state index in [2.05, 4.69) is 15.7 Å². The monoisotopic (exact) mass is 211 g/mol. The largest absolute Gasteiger partial charge is 0.324 e. The first-order chi connectivity index (χ1) is 6.79. The summed E-state index contributed by atoms with van der Waals surface area (Å²) < 4.78 is 0. The number of hydrogen-bond acceptors (Lipinski definition) is 4. The first-order valence-electron chi connectivity index (χ1n) is 5.15. The fourth-order valence-corrected chi connectivity index (χ4v) is 2.58. The van der Waals surface area contributed by atoms with Crippen molar-refractivity contribution >= 4 is 11.3 Å². The van der Waals surface area contributed by atoms with Crippen LogP contribution in [-0.2, 0) is 6.54 Å². The average Bonchev–Trinajstić information content (AvgIpc) is 2.77. The van der Waals surface area contributed by atoms with Crippen molar-refractivity contribution in [3.63, 3.8) is 0 Å². The molecule has 1 heterocycles. The maximum atomic E-state index is 6.22. The maximum absolute atomic E-state index is 6.22. The molecule has 1 aliphatic carbocycles. The number of aromatic nitrogens is 1. The molecule has 0 aliphatic heterocycles. The van der Waals surface area contributed by atoms with Crippen molar-refractivity contribution in [3.8, 4) is 0 Å². The minimum atomic E-state index is 0.0516. The summed E-state index contributed by atoms with van der Waals surface area (Å²) in [5.41, 5.74) is 9.26. The molecule has 3 N–H and O–H groups in total. The molecule has 3 nitrogen and oxygen atoms in total. The van der Waals surface area contributed by atoms with Crippen LogP contribution in [0.1, 0.15) is 31.4 Å². The van der Waals surface area contributed by atoms with E-state index in [0.29, 0.717) is 0 Å². The molecule has 4 heteroatoms. The van der Waals surface area contributed by atoms with Gasteiger partial charge in [-0.3, -0.25) is 0 Å².